The predicted molar refractivity (Wildman–Crippen MR) is 77.5 cm³/mol. The molecule has 0 aliphatic heterocycles. The second-order valence-corrected chi connectivity index (χ2v) is 5.88. The molecule has 1 N–H and O–H groups in total. The van der Waals surface area contributed by atoms with Gasteiger partial charge in [0.2, 0.25) is 0 Å². The highest BCUT2D eigenvalue weighted by Crippen LogP contribution is 2.35. The fraction of sp³-hybridized carbons (Fsp3) is 0.333. The highest BCUT2D eigenvalue weighted by molar-refractivity contribution is 5.92. The van der Waals surface area contributed by atoms with Gasteiger partial charge in [0.25, 0.3) is 5.69 Å². The number of nitro groups is 1. The monoisotopic (exact) mass is 285 g/mol. The number of ketones is 1. The zero-order valence-corrected chi connectivity index (χ0v) is 11.8. The number of nitro benzene ring substituents is 1. The Morgan fingerprint density at radius 3 is 2.67 bits per heavy atom. The van der Waals surface area contributed by atoms with Gasteiger partial charge in [0.15, 0.2) is 5.78 Å². The Kier molecular flexibility index (Phi) is 3.76. The Morgan fingerprint density at radius 2 is 2.10 bits per heavy atom. The van der Waals surface area contributed by atoms with Gasteiger partial charge in [-0.1, -0.05) is 13.8 Å². The molecule has 6 heteroatoms. The highest BCUT2D eigenvalue weighted by Gasteiger charge is 2.28. The number of allylic oxidation sites excluding steroid dienone is 2. The lowest BCUT2D eigenvalue weighted by atomic mass is 9.79. The van der Waals surface area contributed by atoms with Gasteiger partial charge in [0, 0.05) is 24.3 Å². The summed E-state index contributed by atoms with van der Waals surface area (Å²) >= 11 is 0. The first kappa shape index (κ1) is 14.7. The second kappa shape index (κ2) is 5.37. The molecule has 0 fully saturated rings. The molecular formula is C15H15N3O3. The summed E-state index contributed by atoms with van der Waals surface area (Å²) in [6.45, 7) is 3.96. The molecule has 0 heterocycles. The van der Waals surface area contributed by atoms with Crippen LogP contribution in [0.3, 0.4) is 0 Å². The fourth-order valence-corrected chi connectivity index (χ4v) is 2.46. The quantitative estimate of drug-likeness (QED) is 0.679. The normalized spacial score (nSPS) is 16.8. The topological polar surface area (TPSA) is 96.0 Å². The molecule has 0 spiro atoms. The minimum atomic E-state index is -0.542. The van der Waals surface area contributed by atoms with E-state index in [-0.39, 0.29) is 28.1 Å². The van der Waals surface area contributed by atoms with Crippen molar-refractivity contribution in [1.29, 1.82) is 5.26 Å². The molecule has 1 aliphatic rings. The lowest BCUT2D eigenvalue weighted by Crippen LogP contribution is -2.24. The van der Waals surface area contributed by atoms with E-state index in [0.717, 1.165) is 0 Å². The molecule has 0 unspecified atom stereocenters. The van der Waals surface area contributed by atoms with Crippen LogP contribution in [0.15, 0.2) is 30.0 Å². The molecular weight excluding hydrogens is 270 g/mol. The van der Waals surface area contributed by atoms with Gasteiger partial charge in [-0.25, -0.2) is 0 Å². The first-order valence-electron chi connectivity index (χ1n) is 6.50. The van der Waals surface area contributed by atoms with Crippen molar-refractivity contribution in [2.75, 3.05) is 5.32 Å². The summed E-state index contributed by atoms with van der Waals surface area (Å²) in [4.78, 5) is 22.3. The summed E-state index contributed by atoms with van der Waals surface area (Å²) < 4.78 is 0. The van der Waals surface area contributed by atoms with E-state index in [1.54, 1.807) is 0 Å². The molecule has 0 amide bonds. The van der Waals surface area contributed by atoms with Crippen molar-refractivity contribution in [1.82, 2.24) is 0 Å². The SMILES string of the molecule is CC1(C)CC(=O)C=C(Nc2ccc(C#N)cc2[N+](=O)[O-])C1. The van der Waals surface area contributed by atoms with Crippen LogP contribution in [0.1, 0.15) is 32.3 Å². The number of benzene rings is 1. The van der Waals surface area contributed by atoms with Gasteiger partial charge in [0.1, 0.15) is 5.69 Å². The molecule has 0 aromatic heterocycles. The summed E-state index contributed by atoms with van der Waals surface area (Å²) in [5, 5.41) is 22.9. The van der Waals surface area contributed by atoms with E-state index in [4.69, 9.17) is 5.26 Å². The third-order valence-electron chi connectivity index (χ3n) is 3.28. The summed E-state index contributed by atoms with van der Waals surface area (Å²) in [5.74, 6) is 0.00467. The highest BCUT2D eigenvalue weighted by atomic mass is 16.6. The molecule has 21 heavy (non-hydrogen) atoms. The number of nitriles is 1. The standard InChI is InChI=1S/C15H15N3O3/c1-15(2)7-11(6-12(19)8-15)17-13-4-3-10(9-16)5-14(13)18(20)21/h3-6,17H,7-8H2,1-2H3. The number of hydrogen-bond donors (Lipinski definition) is 1. The number of nitrogens with one attached hydrogen (secondary N) is 1. The van der Waals surface area contributed by atoms with E-state index in [1.807, 2.05) is 19.9 Å². The van der Waals surface area contributed by atoms with Crippen molar-refractivity contribution in [2.45, 2.75) is 26.7 Å². The zero-order chi connectivity index (χ0) is 15.6. The van der Waals surface area contributed by atoms with Crippen LogP contribution >= 0.6 is 0 Å². The van der Waals surface area contributed by atoms with Crippen LogP contribution in [0.2, 0.25) is 0 Å². The Labute approximate surface area is 122 Å². The smallest absolute Gasteiger partial charge is 0.293 e. The van der Waals surface area contributed by atoms with Crippen molar-refractivity contribution in [3.63, 3.8) is 0 Å². The number of rotatable bonds is 3. The van der Waals surface area contributed by atoms with Gasteiger partial charge < -0.3 is 5.32 Å². The molecule has 1 aliphatic carbocycles. The van der Waals surface area contributed by atoms with Crippen LogP contribution in [0.25, 0.3) is 0 Å². The van der Waals surface area contributed by atoms with E-state index >= 15 is 0 Å². The fourth-order valence-electron chi connectivity index (χ4n) is 2.46. The largest absolute Gasteiger partial charge is 0.353 e. The summed E-state index contributed by atoms with van der Waals surface area (Å²) in [5.41, 5.74) is 0.821. The molecule has 1 aromatic carbocycles. The molecule has 1 aromatic rings. The summed E-state index contributed by atoms with van der Waals surface area (Å²) in [6, 6.07) is 6.09. The maximum atomic E-state index is 11.7. The average molecular weight is 285 g/mol. The molecule has 0 radical (unpaired) electrons. The lowest BCUT2D eigenvalue weighted by Gasteiger charge is -2.29. The minimum absolute atomic E-state index is 0.00467. The van der Waals surface area contributed by atoms with Crippen molar-refractivity contribution in [3.05, 3.63) is 45.6 Å². The first-order chi connectivity index (χ1) is 9.80. The predicted octanol–water partition coefficient (Wildman–Crippen LogP) is 3.15. The molecule has 0 atom stereocenters. The van der Waals surface area contributed by atoms with Crippen molar-refractivity contribution in [2.24, 2.45) is 5.41 Å². The maximum Gasteiger partial charge on any atom is 0.293 e. The van der Waals surface area contributed by atoms with Crippen molar-refractivity contribution in [3.8, 4) is 6.07 Å². The number of hydrogen-bond acceptors (Lipinski definition) is 5. The van der Waals surface area contributed by atoms with Crippen LogP contribution in [-0.4, -0.2) is 10.7 Å². The summed E-state index contributed by atoms with van der Waals surface area (Å²) in [6.07, 6.45) is 2.59. The van der Waals surface area contributed by atoms with Gasteiger partial charge in [-0.2, -0.15) is 5.26 Å². The van der Waals surface area contributed by atoms with Gasteiger partial charge in [0.05, 0.1) is 16.6 Å². The van der Waals surface area contributed by atoms with E-state index < -0.39 is 4.92 Å². The number of carbonyl (C=O) groups is 1. The zero-order valence-electron chi connectivity index (χ0n) is 11.8. The van der Waals surface area contributed by atoms with Crippen LogP contribution in [0, 0.1) is 26.9 Å². The van der Waals surface area contributed by atoms with Crippen LogP contribution in [-0.2, 0) is 4.79 Å². The van der Waals surface area contributed by atoms with Crippen LogP contribution in [0.4, 0.5) is 11.4 Å². The van der Waals surface area contributed by atoms with Gasteiger partial charge in [-0.05, 0) is 24.0 Å². The molecule has 2 rings (SSSR count). The third-order valence-corrected chi connectivity index (χ3v) is 3.28. The average Bonchev–Trinajstić information content (AvgIpc) is 2.36. The van der Waals surface area contributed by atoms with Gasteiger partial charge in [-0.15, -0.1) is 0 Å². The lowest BCUT2D eigenvalue weighted by molar-refractivity contribution is -0.384. The third kappa shape index (κ3) is 3.45. The van der Waals surface area contributed by atoms with Gasteiger partial charge >= 0.3 is 0 Å². The Balaban J connectivity index is 2.34. The second-order valence-electron chi connectivity index (χ2n) is 5.88. The van der Waals surface area contributed by atoms with Crippen molar-refractivity contribution < 1.29 is 9.72 Å². The number of carbonyl (C=O) groups excluding carboxylic acids is 1. The molecule has 108 valence electrons. The van der Waals surface area contributed by atoms with Gasteiger partial charge in [-0.3, -0.25) is 14.9 Å². The van der Waals surface area contributed by atoms with E-state index in [2.05, 4.69) is 5.32 Å². The molecule has 0 saturated heterocycles. The Bertz CT molecular complexity index is 684. The minimum Gasteiger partial charge on any atom is -0.353 e. The molecule has 0 saturated carbocycles. The molecule has 0 bridgehead atoms. The van der Waals surface area contributed by atoms with E-state index in [1.165, 1.54) is 24.3 Å². The van der Waals surface area contributed by atoms with Crippen LogP contribution in [0.5, 0.6) is 0 Å². The summed E-state index contributed by atoms with van der Waals surface area (Å²) in [7, 11) is 0. The number of nitrogens with zero attached hydrogens (tertiary/aromatic N) is 2. The van der Waals surface area contributed by atoms with Crippen LogP contribution < -0.4 is 5.32 Å². The Hall–Kier alpha value is -2.68. The Morgan fingerprint density at radius 1 is 1.38 bits per heavy atom. The first-order valence-corrected chi connectivity index (χ1v) is 6.50. The maximum absolute atomic E-state index is 11.7. The number of anilines is 1. The molecule has 6 nitrogen and oxygen atoms in total. The van der Waals surface area contributed by atoms with E-state index in [9.17, 15) is 14.9 Å². The van der Waals surface area contributed by atoms with Crippen molar-refractivity contribution >= 4 is 17.2 Å². The van der Waals surface area contributed by atoms with E-state index in [0.29, 0.717) is 18.5 Å².